The molecule has 0 spiro atoms. The number of benzene rings is 2. The van der Waals surface area contributed by atoms with Crippen LogP contribution in [-0.4, -0.2) is 21.6 Å². The number of nitrogens with two attached hydrogens (primary N) is 1. The third-order valence-corrected chi connectivity index (χ3v) is 3.68. The number of rotatable bonds is 4. The van der Waals surface area contributed by atoms with Crippen LogP contribution in [0.2, 0.25) is 0 Å². The molecule has 0 fully saturated rings. The van der Waals surface area contributed by atoms with Crippen LogP contribution < -0.4 is 20.5 Å². The predicted molar refractivity (Wildman–Crippen MR) is 83.5 cm³/mol. The first-order valence-corrected chi connectivity index (χ1v) is 7.78. The van der Waals surface area contributed by atoms with Crippen LogP contribution in [0.3, 0.4) is 0 Å². The molecule has 0 aliphatic heterocycles. The fourth-order valence-corrected chi connectivity index (χ4v) is 2.28. The Morgan fingerprint density at radius 3 is 2.27 bits per heavy atom. The molecule has 2 rings (SSSR count). The lowest BCUT2D eigenvalue weighted by Gasteiger charge is -2.09. The summed E-state index contributed by atoms with van der Waals surface area (Å²) in [6, 6.07) is 11.9. The summed E-state index contributed by atoms with van der Waals surface area (Å²) in [5, 5.41) is 10.2. The first-order chi connectivity index (χ1) is 10.4. The van der Waals surface area contributed by atoms with Gasteiger partial charge < -0.3 is 15.4 Å². The van der Waals surface area contributed by atoms with Gasteiger partial charge in [-0.1, -0.05) is 6.07 Å². The van der Waals surface area contributed by atoms with E-state index in [0.29, 0.717) is 17.1 Å². The molecule has 22 heavy (non-hydrogen) atoms. The van der Waals surface area contributed by atoms with Crippen molar-refractivity contribution in [2.24, 2.45) is 5.14 Å². The molecule has 4 N–H and O–H groups in total. The predicted octanol–water partition coefficient (Wildman–Crippen LogP) is 1.99. The number of sulfonamides is 1. The van der Waals surface area contributed by atoms with E-state index >= 15 is 0 Å². The molecule has 0 aliphatic rings. The topological polar surface area (TPSA) is 111 Å². The Bertz CT molecular complexity index is 773. The van der Waals surface area contributed by atoms with Crippen LogP contribution in [-0.2, 0) is 10.0 Å². The lowest BCUT2D eigenvalue weighted by Crippen LogP contribution is -2.20. The van der Waals surface area contributed by atoms with Gasteiger partial charge in [0.1, 0.15) is 5.75 Å². The number of anilines is 2. The summed E-state index contributed by atoms with van der Waals surface area (Å²) >= 11 is 0. The average molecular weight is 321 g/mol. The van der Waals surface area contributed by atoms with E-state index in [1.54, 1.807) is 37.4 Å². The first kappa shape index (κ1) is 15.8. The number of nitrogens with one attached hydrogen (secondary N) is 2. The fraction of sp³-hybridized carbons (Fsp3) is 0.0714. The molecule has 0 bridgehead atoms. The van der Waals surface area contributed by atoms with E-state index < -0.39 is 16.1 Å². The van der Waals surface area contributed by atoms with E-state index in [-0.39, 0.29) is 4.90 Å². The molecule has 0 atom stereocenters. The van der Waals surface area contributed by atoms with Crippen LogP contribution in [0.1, 0.15) is 0 Å². The number of primary sulfonamides is 1. The van der Waals surface area contributed by atoms with Gasteiger partial charge in [0.2, 0.25) is 10.0 Å². The van der Waals surface area contributed by atoms with Gasteiger partial charge in [0, 0.05) is 11.4 Å². The molecular weight excluding hydrogens is 306 g/mol. The molecule has 8 heteroatoms. The van der Waals surface area contributed by atoms with Crippen molar-refractivity contribution in [3.63, 3.8) is 0 Å². The van der Waals surface area contributed by atoms with Crippen LogP contribution in [0.4, 0.5) is 16.2 Å². The SMILES string of the molecule is COc1ccc(NC(=O)Nc2cccc(S(N)(=O)=O)c2)cc1. The first-order valence-electron chi connectivity index (χ1n) is 6.23. The van der Waals surface area contributed by atoms with Crippen molar-refractivity contribution in [1.82, 2.24) is 0 Å². The maximum atomic E-state index is 11.9. The molecule has 0 aromatic heterocycles. The van der Waals surface area contributed by atoms with E-state index in [2.05, 4.69) is 10.6 Å². The van der Waals surface area contributed by atoms with E-state index in [4.69, 9.17) is 9.88 Å². The van der Waals surface area contributed by atoms with Gasteiger partial charge in [-0.25, -0.2) is 18.4 Å². The summed E-state index contributed by atoms with van der Waals surface area (Å²) in [6.45, 7) is 0. The Morgan fingerprint density at radius 1 is 1.05 bits per heavy atom. The van der Waals surface area contributed by atoms with Crippen LogP contribution in [0.25, 0.3) is 0 Å². The second kappa shape index (κ2) is 6.46. The molecule has 0 saturated carbocycles. The zero-order valence-corrected chi connectivity index (χ0v) is 12.6. The van der Waals surface area contributed by atoms with Crippen LogP contribution in [0, 0.1) is 0 Å². The van der Waals surface area contributed by atoms with Crippen molar-refractivity contribution in [2.75, 3.05) is 17.7 Å². The van der Waals surface area contributed by atoms with E-state index in [0.717, 1.165) is 0 Å². The van der Waals surface area contributed by atoms with Gasteiger partial charge in [0.15, 0.2) is 0 Å². The Balaban J connectivity index is 2.05. The van der Waals surface area contributed by atoms with Crippen molar-refractivity contribution in [3.05, 3.63) is 48.5 Å². The molecule has 2 aromatic carbocycles. The van der Waals surface area contributed by atoms with Crippen molar-refractivity contribution in [2.45, 2.75) is 4.90 Å². The molecule has 0 heterocycles. The highest BCUT2D eigenvalue weighted by molar-refractivity contribution is 7.89. The number of hydrogen-bond donors (Lipinski definition) is 3. The van der Waals surface area contributed by atoms with E-state index in [1.165, 1.54) is 18.2 Å². The molecule has 0 saturated heterocycles. The Hall–Kier alpha value is -2.58. The highest BCUT2D eigenvalue weighted by Gasteiger charge is 2.09. The Labute approximate surface area is 128 Å². The number of amides is 2. The average Bonchev–Trinajstić information content (AvgIpc) is 2.47. The number of hydrogen-bond acceptors (Lipinski definition) is 4. The van der Waals surface area contributed by atoms with Crippen molar-refractivity contribution in [1.29, 1.82) is 0 Å². The summed E-state index contributed by atoms with van der Waals surface area (Å²) in [5.74, 6) is 0.673. The minimum Gasteiger partial charge on any atom is -0.497 e. The molecule has 116 valence electrons. The van der Waals surface area contributed by atoms with Gasteiger partial charge >= 0.3 is 6.03 Å². The van der Waals surface area contributed by atoms with Crippen LogP contribution in [0.5, 0.6) is 5.75 Å². The Morgan fingerprint density at radius 2 is 1.68 bits per heavy atom. The monoisotopic (exact) mass is 321 g/mol. The Kier molecular flexibility index (Phi) is 4.64. The second-order valence-electron chi connectivity index (χ2n) is 4.38. The molecule has 0 aliphatic carbocycles. The molecular formula is C14H15N3O4S. The van der Waals surface area contributed by atoms with Gasteiger partial charge in [-0.3, -0.25) is 0 Å². The van der Waals surface area contributed by atoms with Gasteiger partial charge in [0.05, 0.1) is 12.0 Å². The van der Waals surface area contributed by atoms with Crippen molar-refractivity contribution in [3.8, 4) is 5.75 Å². The van der Waals surface area contributed by atoms with Gasteiger partial charge in [-0.2, -0.15) is 0 Å². The lowest BCUT2D eigenvalue weighted by atomic mass is 10.3. The van der Waals surface area contributed by atoms with Gasteiger partial charge in [-0.05, 0) is 42.5 Å². The van der Waals surface area contributed by atoms with Crippen molar-refractivity contribution < 1.29 is 17.9 Å². The molecule has 2 aromatic rings. The van der Waals surface area contributed by atoms with Crippen LogP contribution in [0.15, 0.2) is 53.4 Å². The third-order valence-electron chi connectivity index (χ3n) is 2.77. The summed E-state index contributed by atoms with van der Waals surface area (Å²) < 4.78 is 27.5. The number of ether oxygens (including phenoxy) is 1. The summed E-state index contributed by atoms with van der Waals surface area (Å²) in [4.78, 5) is 11.8. The van der Waals surface area contributed by atoms with Crippen molar-refractivity contribution >= 4 is 27.4 Å². The number of carbonyl (C=O) groups excluding carboxylic acids is 1. The zero-order chi connectivity index (χ0) is 16.2. The molecule has 2 amide bonds. The normalized spacial score (nSPS) is 10.8. The molecule has 0 unspecified atom stereocenters. The van der Waals surface area contributed by atoms with E-state index in [1.807, 2.05) is 0 Å². The molecule has 7 nitrogen and oxygen atoms in total. The van der Waals surface area contributed by atoms with E-state index in [9.17, 15) is 13.2 Å². The van der Waals surface area contributed by atoms with Gasteiger partial charge in [0.25, 0.3) is 0 Å². The summed E-state index contributed by atoms with van der Waals surface area (Å²) in [7, 11) is -2.26. The quantitative estimate of drug-likeness (QED) is 0.799. The van der Waals surface area contributed by atoms with Gasteiger partial charge in [-0.15, -0.1) is 0 Å². The highest BCUT2D eigenvalue weighted by Crippen LogP contribution is 2.17. The lowest BCUT2D eigenvalue weighted by molar-refractivity contribution is 0.262. The molecule has 0 radical (unpaired) electrons. The minimum absolute atomic E-state index is 0.0743. The smallest absolute Gasteiger partial charge is 0.323 e. The minimum atomic E-state index is -3.81. The highest BCUT2D eigenvalue weighted by atomic mass is 32.2. The largest absolute Gasteiger partial charge is 0.497 e. The summed E-state index contributed by atoms with van der Waals surface area (Å²) in [5.41, 5.74) is 0.887. The summed E-state index contributed by atoms with van der Waals surface area (Å²) in [6.07, 6.45) is 0. The second-order valence-corrected chi connectivity index (χ2v) is 5.94. The zero-order valence-electron chi connectivity index (χ0n) is 11.7. The standard InChI is InChI=1S/C14H15N3O4S/c1-21-12-7-5-10(6-8-12)16-14(18)17-11-3-2-4-13(9-11)22(15,19)20/h2-9H,1H3,(H2,15,19,20)(H2,16,17,18). The maximum Gasteiger partial charge on any atom is 0.323 e. The number of carbonyl (C=O) groups is 1. The number of methoxy groups -OCH3 is 1. The maximum absolute atomic E-state index is 11.9. The van der Waals surface area contributed by atoms with Crippen LogP contribution >= 0.6 is 0 Å². The fourth-order valence-electron chi connectivity index (χ4n) is 1.72. The number of urea groups is 1. The third kappa shape index (κ3) is 4.21.